The van der Waals surface area contributed by atoms with Crippen molar-refractivity contribution in [2.24, 2.45) is 0 Å². The number of carbonyl (C=O) groups is 1. The van der Waals surface area contributed by atoms with Gasteiger partial charge in [0.25, 0.3) is 0 Å². The Hall–Kier alpha value is -2.11. The molecule has 0 aromatic carbocycles. The second-order valence-corrected chi connectivity index (χ2v) is 3.59. The molecular weight excluding hydrogens is 210 g/mol. The van der Waals surface area contributed by atoms with E-state index in [0.29, 0.717) is 17.9 Å². The molecule has 0 radical (unpaired) electrons. The lowest BCUT2D eigenvalue weighted by molar-refractivity contribution is 0.0684. The van der Waals surface area contributed by atoms with Crippen LogP contribution in [0.3, 0.4) is 0 Å². The van der Waals surface area contributed by atoms with Crippen LogP contribution in [0.1, 0.15) is 27.4 Å². The number of aromatic carboxylic acids is 1. The third kappa shape index (κ3) is 1.81. The van der Waals surface area contributed by atoms with Gasteiger partial charge in [-0.05, 0) is 19.4 Å². The Bertz CT molecular complexity index is 527. The van der Waals surface area contributed by atoms with Gasteiger partial charge < -0.3 is 9.63 Å². The van der Waals surface area contributed by atoms with E-state index >= 15 is 0 Å². The minimum absolute atomic E-state index is 0.0503. The standard InChI is InChI=1S/C10H11N3O3/c1-6-3-11-13(4-6)5-8-7(2)16-12-9(8)10(14)15/h3-4H,5H2,1-2H3,(H,14,15). The van der Waals surface area contributed by atoms with E-state index in [4.69, 9.17) is 9.63 Å². The summed E-state index contributed by atoms with van der Waals surface area (Å²) in [5.74, 6) is -0.582. The van der Waals surface area contributed by atoms with Crippen molar-refractivity contribution in [3.05, 3.63) is 35.0 Å². The van der Waals surface area contributed by atoms with E-state index < -0.39 is 5.97 Å². The van der Waals surface area contributed by atoms with Gasteiger partial charge in [0.1, 0.15) is 5.76 Å². The molecule has 0 atom stereocenters. The molecule has 0 bridgehead atoms. The summed E-state index contributed by atoms with van der Waals surface area (Å²) in [6.07, 6.45) is 3.54. The molecule has 0 amide bonds. The van der Waals surface area contributed by atoms with Crippen LogP contribution in [0.2, 0.25) is 0 Å². The highest BCUT2D eigenvalue weighted by atomic mass is 16.5. The van der Waals surface area contributed by atoms with Gasteiger partial charge in [-0.25, -0.2) is 4.79 Å². The van der Waals surface area contributed by atoms with Crippen LogP contribution < -0.4 is 0 Å². The normalized spacial score (nSPS) is 10.6. The van der Waals surface area contributed by atoms with Gasteiger partial charge in [-0.1, -0.05) is 5.16 Å². The molecule has 0 saturated heterocycles. The summed E-state index contributed by atoms with van der Waals surface area (Å²) in [4.78, 5) is 10.9. The summed E-state index contributed by atoms with van der Waals surface area (Å²) in [6, 6.07) is 0. The monoisotopic (exact) mass is 221 g/mol. The van der Waals surface area contributed by atoms with Gasteiger partial charge >= 0.3 is 5.97 Å². The summed E-state index contributed by atoms with van der Waals surface area (Å²) < 4.78 is 6.52. The van der Waals surface area contributed by atoms with Gasteiger partial charge in [0.2, 0.25) is 0 Å². The van der Waals surface area contributed by atoms with Crippen LogP contribution in [0.5, 0.6) is 0 Å². The van der Waals surface area contributed by atoms with E-state index in [1.54, 1.807) is 17.8 Å². The van der Waals surface area contributed by atoms with Gasteiger partial charge in [0, 0.05) is 6.20 Å². The van der Waals surface area contributed by atoms with Gasteiger partial charge in [-0.2, -0.15) is 5.10 Å². The lowest BCUT2D eigenvalue weighted by Gasteiger charge is -1.99. The first-order valence-electron chi connectivity index (χ1n) is 4.75. The fourth-order valence-electron chi connectivity index (χ4n) is 1.46. The molecule has 16 heavy (non-hydrogen) atoms. The maximum absolute atomic E-state index is 10.9. The lowest BCUT2D eigenvalue weighted by atomic mass is 10.2. The minimum atomic E-state index is -1.09. The van der Waals surface area contributed by atoms with Crippen molar-refractivity contribution in [2.75, 3.05) is 0 Å². The number of carboxylic acid groups (broad SMARTS) is 1. The van der Waals surface area contributed by atoms with Crippen LogP contribution in [0, 0.1) is 13.8 Å². The second-order valence-electron chi connectivity index (χ2n) is 3.59. The van der Waals surface area contributed by atoms with Gasteiger partial charge in [0.05, 0.1) is 18.3 Å². The van der Waals surface area contributed by atoms with Crippen molar-refractivity contribution in [3.63, 3.8) is 0 Å². The molecule has 1 N–H and O–H groups in total. The van der Waals surface area contributed by atoms with Crippen LogP contribution >= 0.6 is 0 Å². The molecular formula is C10H11N3O3. The second kappa shape index (κ2) is 3.80. The first-order chi connectivity index (χ1) is 7.58. The van der Waals surface area contributed by atoms with E-state index in [0.717, 1.165) is 5.56 Å². The molecule has 6 nitrogen and oxygen atoms in total. The van der Waals surface area contributed by atoms with Crippen molar-refractivity contribution in [1.29, 1.82) is 0 Å². The van der Waals surface area contributed by atoms with Gasteiger partial charge in [-0.3, -0.25) is 4.68 Å². The van der Waals surface area contributed by atoms with Crippen LogP contribution in [0.25, 0.3) is 0 Å². The summed E-state index contributed by atoms with van der Waals surface area (Å²) in [7, 11) is 0. The Morgan fingerprint density at radius 2 is 2.31 bits per heavy atom. The van der Waals surface area contributed by atoms with Gasteiger partial charge in [-0.15, -0.1) is 0 Å². The molecule has 6 heteroatoms. The third-order valence-electron chi connectivity index (χ3n) is 2.27. The number of nitrogens with zero attached hydrogens (tertiary/aromatic N) is 3. The molecule has 0 aliphatic carbocycles. The zero-order valence-corrected chi connectivity index (χ0v) is 8.97. The summed E-state index contributed by atoms with van der Waals surface area (Å²) in [6.45, 7) is 3.96. The van der Waals surface area contributed by atoms with E-state index in [1.165, 1.54) is 0 Å². The van der Waals surface area contributed by atoms with Crippen LogP contribution in [-0.2, 0) is 6.54 Å². The van der Waals surface area contributed by atoms with Crippen LogP contribution in [0.15, 0.2) is 16.9 Å². The number of hydrogen-bond donors (Lipinski definition) is 1. The average Bonchev–Trinajstić information content (AvgIpc) is 2.76. The quantitative estimate of drug-likeness (QED) is 0.843. The molecule has 2 rings (SSSR count). The van der Waals surface area contributed by atoms with Crippen LogP contribution in [-0.4, -0.2) is 26.0 Å². The van der Waals surface area contributed by atoms with E-state index in [2.05, 4.69) is 10.3 Å². The summed E-state index contributed by atoms with van der Waals surface area (Å²) in [5.41, 5.74) is 1.52. The molecule has 0 unspecified atom stereocenters. The molecule has 0 fully saturated rings. The Morgan fingerprint density at radius 1 is 1.56 bits per heavy atom. The lowest BCUT2D eigenvalue weighted by Crippen LogP contribution is -2.07. The molecule has 2 aromatic heterocycles. The fraction of sp³-hybridized carbons (Fsp3) is 0.300. The Kier molecular flexibility index (Phi) is 2.47. The summed E-state index contributed by atoms with van der Waals surface area (Å²) in [5, 5.41) is 16.5. The Labute approximate surface area is 91.5 Å². The summed E-state index contributed by atoms with van der Waals surface area (Å²) >= 11 is 0. The molecule has 84 valence electrons. The van der Waals surface area contributed by atoms with Gasteiger partial charge in [0.15, 0.2) is 5.69 Å². The molecule has 0 aliphatic heterocycles. The largest absolute Gasteiger partial charge is 0.476 e. The molecule has 0 saturated carbocycles. The number of carboxylic acids is 1. The maximum Gasteiger partial charge on any atom is 0.358 e. The minimum Gasteiger partial charge on any atom is -0.476 e. The van der Waals surface area contributed by atoms with Crippen molar-refractivity contribution in [3.8, 4) is 0 Å². The number of rotatable bonds is 3. The van der Waals surface area contributed by atoms with Crippen LogP contribution in [0.4, 0.5) is 0 Å². The SMILES string of the molecule is Cc1cnn(Cc2c(C(=O)O)noc2C)c1. The molecule has 0 spiro atoms. The average molecular weight is 221 g/mol. The fourth-order valence-corrected chi connectivity index (χ4v) is 1.46. The highest BCUT2D eigenvalue weighted by Gasteiger charge is 2.19. The zero-order chi connectivity index (χ0) is 11.7. The predicted molar refractivity (Wildman–Crippen MR) is 54.3 cm³/mol. The topological polar surface area (TPSA) is 81.2 Å². The number of aryl methyl sites for hydroxylation is 2. The van der Waals surface area contributed by atoms with E-state index in [1.807, 2.05) is 13.1 Å². The van der Waals surface area contributed by atoms with Crippen molar-refractivity contribution in [1.82, 2.24) is 14.9 Å². The third-order valence-corrected chi connectivity index (χ3v) is 2.27. The molecule has 2 heterocycles. The number of hydrogen-bond acceptors (Lipinski definition) is 4. The highest BCUT2D eigenvalue weighted by molar-refractivity contribution is 5.87. The van der Waals surface area contributed by atoms with E-state index in [9.17, 15) is 4.79 Å². The maximum atomic E-state index is 10.9. The Morgan fingerprint density at radius 3 is 2.88 bits per heavy atom. The highest BCUT2D eigenvalue weighted by Crippen LogP contribution is 2.14. The number of aromatic nitrogens is 3. The van der Waals surface area contributed by atoms with E-state index in [-0.39, 0.29) is 5.69 Å². The predicted octanol–water partition coefficient (Wildman–Crippen LogP) is 1.23. The zero-order valence-electron chi connectivity index (χ0n) is 8.97. The first kappa shape index (κ1) is 10.4. The molecule has 2 aromatic rings. The Balaban J connectivity index is 2.33. The van der Waals surface area contributed by atoms with Crippen molar-refractivity contribution < 1.29 is 14.4 Å². The van der Waals surface area contributed by atoms with Crippen molar-refractivity contribution in [2.45, 2.75) is 20.4 Å². The smallest absolute Gasteiger partial charge is 0.358 e. The van der Waals surface area contributed by atoms with Crippen molar-refractivity contribution >= 4 is 5.97 Å². The first-order valence-corrected chi connectivity index (χ1v) is 4.75. The molecule has 0 aliphatic rings.